The highest BCUT2D eigenvalue weighted by Gasteiger charge is 2.41. The van der Waals surface area contributed by atoms with Gasteiger partial charge in [0, 0.05) is 18.4 Å². The molecule has 0 amide bonds. The normalized spacial score (nSPS) is 19.5. The predicted molar refractivity (Wildman–Crippen MR) is 52.5 cm³/mol. The number of aryl methyl sites for hydroxylation is 1. The SMILES string of the molecule is Cc1ccnn1CC1(CS)CC1. The number of nitrogens with zero attached hydrogens (tertiary/aromatic N) is 2. The van der Waals surface area contributed by atoms with Crippen LogP contribution in [0.4, 0.5) is 0 Å². The third kappa shape index (κ3) is 1.38. The van der Waals surface area contributed by atoms with Crippen molar-refractivity contribution >= 4 is 12.6 Å². The minimum atomic E-state index is 0.472. The summed E-state index contributed by atoms with van der Waals surface area (Å²) in [6, 6.07) is 2.05. The molecule has 1 aromatic rings. The van der Waals surface area contributed by atoms with Crippen LogP contribution in [0.1, 0.15) is 18.5 Å². The van der Waals surface area contributed by atoms with Crippen LogP contribution < -0.4 is 0 Å². The monoisotopic (exact) mass is 182 g/mol. The van der Waals surface area contributed by atoms with Gasteiger partial charge in [-0.15, -0.1) is 0 Å². The molecule has 0 radical (unpaired) electrons. The second-order valence-electron chi connectivity index (χ2n) is 3.79. The third-order valence-electron chi connectivity index (χ3n) is 2.71. The van der Waals surface area contributed by atoms with Gasteiger partial charge in [-0.3, -0.25) is 4.68 Å². The fourth-order valence-electron chi connectivity index (χ4n) is 1.43. The zero-order valence-corrected chi connectivity index (χ0v) is 8.22. The standard InChI is InChI=1S/C9H14N2S/c1-8-2-5-10-11(8)6-9(7-12)3-4-9/h2,5,12H,3-4,6-7H2,1H3. The summed E-state index contributed by atoms with van der Waals surface area (Å²) in [6.07, 6.45) is 4.50. The number of hydrogen-bond donors (Lipinski definition) is 1. The first-order valence-corrected chi connectivity index (χ1v) is 4.98. The average Bonchev–Trinajstić information content (AvgIpc) is 2.74. The maximum absolute atomic E-state index is 4.37. The number of rotatable bonds is 3. The second-order valence-corrected chi connectivity index (χ2v) is 4.10. The first-order valence-electron chi connectivity index (χ1n) is 4.35. The van der Waals surface area contributed by atoms with Crippen molar-refractivity contribution < 1.29 is 0 Å². The van der Waals surface area contributed by atoms with Crippen molar-refractivity contribution in [2.24, 2.45) is 5.41 Å². The first-order chi connectivity index (χ1) is 5.76. The summed E-state index contributed by atoms with van der Waals surface area (Å²) >= 11 is 4.37. The third-order valence-corrected chi connectivity index (χ3v) is 3.38. The minimum absolute atomic E-state index is 0.472. The van der Waals surface area contributed by atoms with E-state index in [-0.39, 0.29) is 0 Å². The largest absolute Gasteiger partial charge is 0.269 e. The molecule has 1 aromatic heterocycles. The summed E-state index contributed by atoms with van der Waals surface area (Å²) in [4.78, 5) is 0. The molecule has 1 saturated carbocycles. The molecular weight excluding hydrogens is 168 g/mol. The molecule has 0 N–H and O–H groups in total. The zero-order chi connectivity index (χ0) is 8.60. The molecular formula is C9H14N2S. The molecule has 1 aliphatic carbocycles. The molecule has 1 heterocycles. The number of aromatic nitrogens is 2. The van der Waals surface area contributed by atoms with Gasteiger partial charge in [0.2, 0.25) is 0 Å². The summed E-state index contributed by atoms with van der Waals surface area (Å²) in [5.41, 5.74) is 1.72. The summed E-state index contributed by atoms with van der Waals surface area (Å²) in [5.74, 6) is 0.992. The molecule has 12 heavy (non-hydrogen) atoms. The lowest BCUT2D eigenvalue weighted by molar-refractivity contribution is 0.433. The predicted octanol–water partition coefficient (Wildman–Crippen LogP) is 1.90. The molecule has 1 aliphatic rings. The van der Waals surface area contributed by atoms with Crippen molar-refractivity contribution in [3.05, 3.63) is 18.0 Å². The Morgan fingerprint density at radius 1 is 1.67 bits per heavy atom. The van der Waals surface area contributed by atoms with Crippen molar-refractivity contribution in [3.8, 4) is 0 Å². The van der Waals surface area contributed by atoms with Gasteiger partial charge < -0.3 is 0 Å². The number of thiol groups is 1. The molecule has 0 saturated heterocycles. The Morgan fingerprint density at radius 2 is 2.42 bits per heavy atom. The average molecular weight is 182 g/mol. The molecule has 2 nitrogen and oxygen atoms in total. The smallest absolute Gasteiger partial charge is 0.0492 e. The molecule has 0 unspecified atom stereocenters. The lowest BCUT2D eigenvalue weighted by Gasteiger charge is -2.12. The maximum atomic E-state index is 4.37. The van der Waals surface area contributed by atoms with Crippen molar-refractivity contribution in [1.82, 2.24) is 9.78 Å². The van der Waals surface area contributed by atoms with Crippen LogP contribution in [-0.4, -0.2) is 15.5 Å². The fourth-order valence-corrected chi connectivity index (χ4v) is 1.84. The molecule has 0 bridgehead atoms. The zero-order valence-electron chi connectivity index (χ0n) is 7.32. The molecule has 0 aliphatic heterocycles. The van der Waals surface area contributed by atoms with E-state index >= 15 is 0 Å². The van der Waals surface area contributed by atoms with E-state index in [0.29, 0.717) is 5.41 Å². The van der Waals surface area contributed by atoms with Crippen LogP contribution in [0.3, 0.4) is 0 Å². The topological polar surface area (TPSA) is 17.8 Å². The van der Waals surface area contributed by atoms with Crippen LogP contribution in [-0.2, 0) is 6.54 Å². The Hall–Kier alpha value is -0.440. The molecule has 0 aromatic carbocycles. The molecule has 2 rings (SSSR count). The van der Waals surface area contributed by atoms with Crippen LogP contribution in [0.5, 0.6) is 0 Å². The van der Waals surface area contributed by atoms with Gasteiger partial charge in [-0.05, 0) is 37.0 Å². The quantitative estimate of drug-likeness (QED) is 0.707. The van der Waals surface area contributed by atoms with Gasteiger partial charge in [0.05, 0.1) is 0 Å². The Morgan fingerprint density at radius 3 is 2.83 bits per heavy atom. The summed E-state index contributed by atoms with van der Waals surface area (Å²) in [7, 11) is 0. The Kier molecular flexibility index (Phi) is 1.91. The lowest BCUT2D eigenvalue weighted by atomic mass is 10.1. The van der Waals surface area contributed by atoms with Gasteiger partial charge in [-0.25, -0.2) is 0 Å². The van der Waals surface area contributed by atoms with Crippen LogP contribution in [0.2, 0.25) is 0 Å². The summed E-state index contributed by atoms with van der Waals surface area (Å²) in [5, 5.41) is 4.27. The van der Waals surface area contributed by atoms with E-state index in [1.54, 1.807) is 0 Å². The van der Waals surface area contributed by atoms with Crippen LogP contribution in [0.15, 0.2) is 12.3 Å². The highest BCUT2D eigenvalue weighted by molar-refractivity contribution is 7.80. The van der Waals surface area contributed by atoms with E-state index in [4.69, 9.17) is 0 Å². The second kappa shape index (κ2) is 2.80. The van der Waals surface area contributed by atoms with E-state index in [2.05, 4.69) is 35.4 Å². The fraction of sp³-hybridized carbons (Fsp3) is 0.667. The Balaban J connectivity index is 2.08. The van der Waals surface area contributed by atoms with E-state index < -0.39 is 0 Å². The van der Waals surface area contributed by atoms with Crippen LogP contribution in [0, 0.1) is 12.3 Å². The molecule has 66 valence electrons. The number of hydrogen-bond acceptors (Lipinski definition) is 2. The van der Waals surface area contributed by atoms with E-state index in [9.17, 15) is 0 Å². The van der Waals surface area contributed by atoms with Gasteiger partial charge in [-0.2, -0.15) is 17.7 Å². The van der Waals surface area contributed by atoms with Gasteiger partial charge in [0.15, 0.2) is 0 Å². The van der Waals surface area contributed by atoms with Crippen LogP contribution >= 0.6 is 12.6 Å². The van der Waals surface area contributed by atoms with E-state index in [1.807, 2.05) is 6.20 Å². The highest BCUT2D eigenvalue weighted by atomic mass is 32.1. The lowest BCUT2D eigenvalue weighted by Crippen LogP contribution is -2.15. The van der Waals surface area contributed by atoms with Crippen molar-refractivity contribution in [2.75, 3.05) is 5.75 Å². The van der Waals surface area contributed by atoms with Crippen molar-refractivity contribution in [3.63, 3.8) is 0 Å². The highest BCUT2D eigenvalue weighted by Crippen LogP contribution is 2.47. The van der Waals surface area contributed by atoms with Crippen molar-refractivity contribution in [2.45, 2.75) is 26.3 Å². The Labute approximate surface area is 78.4 Å². The Bertz CT molecular complexity index is 276. The first kappa shape index (κ1) is 8.17. The van der Waals surface area contributed by atoms with E-state index in [1.165, 1.54) is 18.5 Å². The molecule has 1 fully saturated rings. The van der Waals surface area contributed by atoms with Crippen LogP contribution in [0.25, 0.3) is 0 Å². The minimum Gasteiger partial charge on any atom is -0.269 e. The van der Waals surface area contributed by atoms with Gasteiger partial charge in [0.25, 0.3) is 0 Å². The van der Waals surface area contributed by atoms with Gasteiger partial charge in [0.1, 0.15) is 0 Å². The summed E-state index contributed by atoms with van der Waals surface area (Å²) in [6.45, 7) is 3.15. The maximum Gasteiger partial charge on any atom is 0.0492 e. The van der Waals surface area contributed by atoms with Gasteiger partial charge >= 0.3 is 0 Å². The van der Waals surface area contributed by atoms with Crippen molar-refractivity contribution in [1.29, 1.82) is 0 Å². The molecule has 3 heteroatoms. The molecule has 0 atom stereocenters. The molecule has 0 spiro atoms. The summed E-state index contributed by atoms with van der Waals surface area (Å²) < 4.78 is 2.09. The van der Waals surface area contributed by atoms with E-state index in [0.717, 1.165) is 12.3 Å². The van der Waals surface area contributed by atoms with Gasteiger partial charge in [-0.1, -0.05) is 0 Å².